The number of rotatable bonds is 10. The molecule has 0 fully saturated rings. The van der Waals surface area contributed by atoms with Gasteiger partial charge < -0.3 is 18.9 Å². The van der Waals surface area contributed by atoms with Crippen LogP contribution in [0.5, 0.6) is 17.2 Å². The number of nitriles is 1. The van der Waals surface area contributed by atoms with E-state index in [2.05, 4.69) is 22.0 Å². The topological polar surface area (TPSA) is 112 Å². The molecule has 0 radical (unpaired) electrons. The molecule has 1 atom stereocenters. The van der Waals surface area contributed by atoms with Gasteiger partial charge in [0.15, 0.2) is 16.3 Å². The molecule has 0 bridgehead atoms. The highest BCUT2D eigenvalue weighted by atomic mass is 79.9. The number of benzene rings is 3. The Bertz CT molecular complexity index is 2040. The highest BCUT2D eigenvalue weighted by Crippen LogP contribution is 2.37. The van der Waals surface area contributed by atoms with E-state index in [1.54, 1.807) is 45.2 Å². The molecule has 0 unspecified atom stereocenters. The van der Waals surface area contributed by atoms with Gasteiger partial charge in [-0.2, -0.15) is 5.26 Å². The molecule has 3 aromatic carbocycles. The van der Waals surface area contributed by atoms with Crippen LogP contribution >= 0.6 is 27.3 Å². The number of para-hydroxylation sites is 1. The zero-order chi connectivity index (χ0) is 33.0. The van der Waals surface area contributed by atoms with E-state index in [-0.39, 0.29) is 30.5 Å². The van der Waals surface area contributed by atoms with Gasteiger partial charge in [0.05, 0.1) is 47.3 Å². The summed E-state index contributed by atoms with van der Waals surface area (Å²) in [5, 5.41) is 9.13. The van der Waals surface area contributed by atoms with Gasteiger partial charge in [0.2, 0.25) is 0 Å². The average molecular weight is 703 g/mol. The van der Waals surface area contributed by atoms with Gasteiger partial charge in [0, 0.05) is 15.6 Å². The van der Waals surface area contributed by atoms with E-state index in [0.717, 1.165) is 10.0 Å². The highest BCUT2D eigenvalue weighted by Gasteiger charge is 2.35. The number of fused-ring (bicyclic) bond motifs is 1. The number of hydrogen-bond acceptors (Lipinski definition) is 9. The zero-order valence-electron chi connectivity index (χ0n) is 26.0. The van der Waals surface area contributed by atoms with Gasteiger partial charge in [-0.25, -0.2) is 9.79 Å². The molecule has 9 nitrogen and oxygen atoms in total. The molecule has 0 saturated carbocycles. The smallest absolute Gasteiger partial charge is 0.338 e. The summed E-state index contributed by atoms with van der Waals surface area (Å²) in [5.41, 5.74) is 3.07. The summed E-state index contributed by atoms with van der Waals surface area (Å²) in [4.78, 5) is 32.8. The quantitative estimate of drug-likeness (QED) is 0.192. The van der Waals surface area contributed by atoms with Crippen molar-refractivity contribution in [2.24, 2.45) is 4.99 Å². The van der Waals surface area contributed by atoms with E-state index in [1.807, 2.05) is 56.3 Å². The van der Waals surface area contributed by atoms with Crippen molar-refractivity contribution < 1.29 is 23.7 Å². The lowest BCUT2D eigenvalue weighted by atomic mass is 9.95. The Morgan fingerprint density at radius 2 is 1.89 bits per heavy atom. The number of ether oxygens (including phenoxy) is 4. The summed E-state index contributed by atoms with van der Waals surface area (Å²) in [6.07, 6.45) is 1.60. The summed E-state index contributed by atoms with van der Waals surface area (Å²) in [5.74, 6) is 0.929. The first-order chi connectivity index (χ1) is 22.1. The minimum absolute atomic E-state index is 0.137. The molecule has 0 saturated heterocycles. The van der Waals surface area contributed by atoms with Crippen LogP contribution in [0.3, 0.4) is 0 Å². The van der Waals surface area contributed by atoms with Gasteiger partial charge in [0.25, 0.3) is 5.56 Å². The Morgan fingerprint density at radius 3 is 2.57 bits per heavy atom. The minimum Gasteiger partial charge on any atom is -0.493 e. The molecule has 2 heterocycles. The van der Waals surface area contributed by atoms with E-state index in [4.69, 9.17) is 29.2 Å². The zero-order valence-corrected chi connectivity index (χ0v) is 28.4. The second-order valence-corrected chi connectivity index (χ2v) is 12.6. The fourth-order valence-corrected chi connectivity index (χ4v) is 6.62. The largest absolute Gasteiger partial charge is 0.493 e. The average Bonchev–Trinajstić information content (AvgIpc) is 3.33. The van der Waals surface area contributed by atoms with Crippen LogP contribution in [0.25, 0.3) is 6.08 Å². The van der Waals surface area contributed by atoms with Crippen LogP contribution in [0, 0.1) is 11.3 Å². The molecule has 236 valence electrons. The Hall–Kier alpha value is -4.66. The molecule has 1 aliphatic rings. The highest BCUT2D eigenvalue weighted by molar-refractivity contribution is 9.10. The minimum atomic E-state index is -0.823. The molecule has 0 N–H and O–H groups in total. The molecule has 1 aliphatic heterocycles. The summed E-state index contributed by atoms with van der Waals surface area (Å²) in [7, 11) is 1.55. The number of carbonyl (C=O) groups excluding carboxylic acids is 1. The van der Waals surface area contributed by atoms with Gasteiger partial charge in [-0.15, -0.1) is 0 Å². The standard InChI is InChI=1S/C35H32BrN3O6S/c1-6-43-34(41)30-21(4)38-35-39(31(30)26-9-7-8-10-27(26)45-20(2)3)33(40)29(46-35)16-24-15-25(36)17-28(42-5)32(24)44-19-23-13-11-22(18-37)12-14-23/h7-17,20,31H,6,19H2,1-5H3/b29-16-/t31-/m0/s1. The number of methoxy groups -OCH3 is 1. The first kappa shape index (κ1) is 32.7. The van der Waals surface area contributed by atoms with Crippen molar-refractivity contribution in [3.05, 3.63) is 118 Å². The Balaban J connectivity index is 1.67. The van der Waals surface area contributed by atoms with Crippen LogP contribution in [-0.4, -0.2) is 30.4 Å². The number of hydrogen-bond donors (Lipinski definition) is 0. The number of thiazole rings is 1. The van der Waals surface area contributed by atoms with Gasteiger partial charge in [-0.05, 0) is 69.7 Å². The van der Waals surface area contributed by atoms with Crippen molar-refractivity contribution in [1.82, 2.24) is 4.57 Å². The summed E-state index contributed by atoms with van der Waals surface area (Å²) in [6.45, 7) is 7.71. The van der Waals surface area contributed by atoms with Crippen LogP contribution < -0.4 is 29.1 Å². The number of nitrogens with zero attached hydrogens (tertiary/aromatic N) is 3. The van der Waals surface area contributed by atoms with Crippen molar-refractivity contribution >= 4 is 39.3 Å². The van der Waals surface area contributed by atoms with Crippen LogP contribution in [-0.2, 0) is 16.1 Å². The number of aromatic nitrogens is 1. The fourth-order valence-electron chi connectivity index (χ4n) is 5.13. The maximum atomic E-state index is 14.3. The van der Waals surface area contributed by atoms with Gasteiger partial charge >= 0.3 is 5.97 Å². The number of allylic oxidation sites excluding steroid dienone is 1. The maximum absolute atomic E-state index is 14.3. The lowest BCUT2D eigenvalue weighted by Gasteiger charge is -2.26. The number of carbonyl (C=O) groups is 1. The second-order valence-electron chi connectivity index (χ2n) is 10.6. The first-order valence-electron chi connectivity index (χ1n) is 14.6. The number of halogens is 1. The van der Waals surface area contributed by atoms with E-state index < -0.39 is 12.0 Å². The Morgan fingerprint density at radius 1 is 1.15 bits per heavy atom. The molecule has 0 spiro atoms. The molecular formula is C35H32BrN3O6S. The van der Waals surface area contributed by atoms with Crippen LogP contribution in [0.4, 0.5) is 0 Å². The molecule has 46 heavy (non-hydrogen) atoms. The van der Waals surface area contributed by atoms with Crippen molar-refractivity contribution in [3.8, 4) is 23.3 Å². The Labute approximate surface area is 278 Å². The first-order valence-corrected chi connectivity index (χ1v) is 16.2. The molecule has 4 aromatic rings. The number of esters is 1. The van der Waals surface area contributed by atoms with E-state index in [9.17, 15) is 9.59 Å². The molecule has 0 amide bonds. The normalized spacial score (nSPS) is 14.4. The predicted molar refractivity (Wildman–Crippen MR) is 179 cm³/mol. The molecule has 0 aliphatic carbocycles. The van der Waals surface area contributed by atoms with E-state index in [1.165, 1.54) is 15.9 Å². The van der Waals surface area contributed by atoms with Crippen molar-refractivity contribution in [1.29, 1.82) is 5.26 Å². The molecule has 5 rings (SSSR count). The third kappa shape index (κ3) is 6.78. The third-order valence-electron chi connectivity index (χ3n) is 7.11. The summed E-state index contributed by atoms with van der Waals surface area (Å²) in [6, 6.07) is 19.4. The van der Waals surface area contributed by atoms with Crippen molar-refractivity contribution in [2.45, 2.75) is 46.4 Å². The lowest BCUT2D eigenvalue weighted by Crippen LogP contribution is -2.40. The summed E-state index contributed by atoms with van der Waals surface area (Å²) < 4.78 is 26.1. The monoisotopic (exact) mass is 701 g/mol. The van der Waals surface area contributed by atoms with Gasteiger partial charge in [-0.1, -0.05) is 57.6 Å². The molecule has 11 heteroatoms. The predicted octanol–water partition coefficient (Wildman–Crippen LogP) is 5.81. The van der Waals surface area contributed by atoms with E-state index >= 15 is 0 Å². The second kappa shape index (κ2) is 14.2. The maximum Gasteiger partial charge on any atom is 0.338 e. The van der Waals surface area contributed by atoms with Crippen LogP contribution in [0.15, 0.2) is 86.2 Å². The van der Waals surface area contributed by atoms with Crippen molar-refractivity contribution in [3.63, 3.8) is 0 Å². The summed E-state index contributed by atoms with van der Waals surface area (Å²) >= 11 is 4.76. The third-order valence-corrected chi connectivity index (χ3v) is 8.56. The van der Waals surface area contributed by atoms with Crippen LogP contribution in [0.1, 0.15) is 56.0 Å². The fraction of sp³-hybridized carbons (Fsp3) is 0.257. The molecule has 1 aromatic heterocycles. The van der Waals surface area contributed by atoms with Gasteiger partial charge in [-0.3, -0.25) is 9.36 Å². The molecular weight excluding hydrogens is 670 g/mol. The lowest BCUT2D eigenvalue weighted by molar-refractivity contribution is -0.139. The van der Waals surface area contributed by atoms with Gasteiger partial charge in [0.1, 0.15) is 18.4 Å². The van der Waals surface area contributed by atoms with E-state index in [0.29, 0.717) is 49.0 Å². The van der Waals surface area contributed by atoms with Crippen LogP contribution in [0.2, 0.25) is 0 Å². The SMILES string of the molecule is CCOC(=O)C1=C(C)N=c2s/c(=C\c3cc(Br)cc(OC)c3OCc3ccc(C#N)cc3)c(=O)n2[C@H]1c1ccccc1OC(C)C. The van der Waals surface area contributed by atoms with Crippen molar-refractivity contribution in [2.75, 3.05) is 13.7 Å². The Kier molecular flexibility index (Phi) is 10.1.